The van der Waals surface area contributed by atoms with Gasteiger partial charge in [0, 0.05) is 47.2 Å². The smallest absolute Gasteiger partial charge is 0.0462 e. The average Bonchev–Trinajstić information content (AvgIpc) is 2.75. The predicted octanol–water partition coefficient (Wildman–Crippen LogP) is 4.01. The van der Waals surface area contributed by atoms with Crippen LogP contribution in [0.2, 0.25) is 0 Å². The third kappa shape index (κ3) is 4.51. The fourth-order valence-corrected chi connectivity index (χ4v) is 3.15. The zero-order chi connectivity index (χ0) is 15.0. The molecule has 3 rings (SSSR count). The molecule has 0 saturated heterocycles. The van der Waals surface area contributed by atoms with Crippen molar-refractivity contribution in [2.45, 2.75) is 32.2 Å². The molecule has 0 saturated carbocycles. The molecule has 0 fully saturated rings. The highest BCUT2D eigenvalue weighted by Gasteiger charge is 2.21. The normalized spacial score (nSPS) is 15.7. The van der Waals surface area contributed by atoms with Gasteiger partial charge < -0.3 is 15.6 Å². The van der Waals surface area contributed by atoms with E-state index >= 15 is 0 Å². The van der Waals surface area contributed by atoms with Crippen LogP contribution in [0.1, 0.15) is 31.5 Å². The van der Waals surface area contributed by atoms with Crippen molar-refractivity contribution in [3.05, 3.63) is 41.6 Å². The van der Waals surface area contributed by atoms with E-state index < -0.39 is 0 Å². The number of halogens is 2. The molecule has 5 heteroatoms. The minimum Gasteiger partial charge on any atom is -0.358 e. The van der Waals surface area contributed by atoms with Crippen LogP contribution in [0.5, 0.6) is 0 Å². The number of hydrogen-bond acceptors (Lipinski definition) is 2. The first-order valence-corrected chi connectivity index (χ1v) is 7.70. The molecule has 0 amide bonds. The Morgan fingerprint density at radius 3 is 2.52 bits per heavy atom. The summed E-state index contributed by atoms with van der Waals surface area (Å²) in [6, 6.07) is 8.57. The molecule has 1 aromatic carbocycles. The summed E-state index contributed by atoms with van der Waals surface area (Å²) in [5.41, 5.74) is 11.4. The Labute approximate surface area is 151 Å². The lowest BCUT2D eigenvalue weighted by Crippen LogP contribution is -2.35. The minimum absolute atomic E-state index is 0. The molecule has 0 spiro atoms. The molecule has 1 aliphatic heterocycles. The highest BCUT2D eigenvalue weighted by atomic mass is 35.5. The number of para-hydroxylation sites is 1. The first-order valence-electron chi connectivity index (χ1n) is 7.70. The van der Waals surface area contributed by atoms with Crippen molar-refractivity contribution >= 4 is 41.3 Å². The van der Waals surface area contributed by atoms with Crippen LogP contribution in [0, 0.1) is 0 Å². The number of rotatable bonds is 3. The van der Waals surface area contributed by atoms with Gasteiger partial charge in [-0.1, -0.05) is 24.3 Å². The van der Waals surface area contributed by atoms with Crippen LogP contribution in [0.25, 0.3) is 16.5 Å². The molecule has 3 N–H and O–H groups in total. The van der Waals surface area contributed by atoms with Gasteiger partial charge in [-0.25, -0.2) is 0 Å². The van der Waals surface area contributed by atoms with Gasteiger partial charge in [-0.2, -0.15) is 0 Å². The maximum absolute atomic E-state index is 6.26. The Kier molecular flexibility index (Phi) is 6.72. The van der Waals surface area contributed by atoms with Crippen molar-refractivity contribution in [3.8, 4) is 0 Å². The summed E-state index contributed by atoms with van der Waals surface area (Å²) in [7, 11) is 2.17. The second-order valence-electron chi connectivity index (χ2n) is 6.93. The number of nitrogens with two attached hydrogens (primary N) is 1. The van der Waals surface area contributed by atoms with Gasteiger partial charge in [-0.15, -0.1) is 24.8 Å². The van der Waals surface area contributed by atoms with Crippen LogP contribution in [0.15, 0.2) is 30.3 Å². The van der Waals surface area contributed by atoms with Crippen LogP contribution < -0.4 is 5.73 Å². The van der Waals surface area contributed by atoms with Gasteiger partial charge in [0.25, 0.3) is 0 Å². The van der Waals surface area contributed by atoms with E-state index in [1.165, 1.54) is 27.7 Å². The van der Waals surface area contributed by atoms with E-state index in [9.17, 15) is 0 Å². The maximum atomic E-state index is 6.26. The number of nitrogens with zero attached hydrogens (tertiary/aromatic N) is 1. The van der Waals surface area contributed by atoms with Crippen LogP contribution in [-0.4, -0.2) is 35.6 Å². The molecule has 0 aliphatic carbocycles. The Morgan fingerprint density at radius 1 is 1.22 bits per heavy atom. The lowest BCUT2D eigenvalue weighted by atomic mass is 9.91. The fourth-order valence-electron chi connectivity index (χ4n) is 3.15. The topological polar surface area (TPSA) is 45.0 Å². The summed E-state index contributed by atoms with van der Waals surface area (Å²) in [5.74, 6) is 0. The number of hydrogen-bond donors (Lipinski definition) is 2. The summed E-state index contributed by atoms with van der Waals surface area (Å²) in [5, 5.41) is 1.33. The van der Waals surface area contributed by atoms with Crippen LogP contribution in [-0.2, 0) is 6.42 Å². The largest absolute Gasteiger partial charge is 0.358 e. The average molecular weight is 356 g/mol. The van der Waals surface area contributed by atoms with Crippen LogP contribution >= 0.6 is 24.8 Å². The van der Waals surface area contributed by atoms with E-state index in [-0.39, 0.29) is 30.4 Å². The molecule has 0 atom stereocenters. The molecule has 128 valence electrons. The number of fused-ring (bicyclic) bond motifs is 1. The first kappa shape index (κ1) is 20.0. The molecule has 3 nitrogen and oxygen atoms in total. The highest BCUT2D eigenvalue weighted by Crippen LogP contribution is 2.33. The molecule has 0 bridgehead atoms. The lowest BCUT2D eigenvalue weighted by molar-refractivity contribution is 0.370. The molecule has 1 aromatic heterocycles. The van der Waals surface area contributed by atoms with Gasteiger partial charge in [0.05, 0.1) is 0 Å². The summed E-state index contributed by atoms with van der Waals surface area (Å²) in [4.78, 5) is 5.95. The standard InChI is InChI=1S/C18H25N3.2ClH/c1-18(2,19)12-16-17(13-8-10-21(3)11-9-13)14-6-4-5-7-15(14)20-16;;/h4-8,20H,9-12,19H2,1-3H3;2*1H. The van der Waals surface area contributed by atoms with Crippen molar-refractivity contribution < 1.29 is 0 Å². The number of likely N-dealkylation sites (N-methyl/N-ethyl adjacent to an activating group) is 1. The Bertz CT molecular complexity index is 683. The Balaban J connectivity index is 0.00000132. The molecule has 0 radical (unpaired) electrons. The summed E-state index contributed by atoms with van der Waals surface area (Å²) in [6.07, 6.45) is 4.34. The monoisotopic (exact) mass is 355 g/mol. The zero-order valence-corrected chi connectivity index (χ0v) is 15.7. The van der Waals surface area contributed by atoms with Crippen molar-refractivity contribution in [1.82, 2.24) is 9.88 Å². The van der Waals surface area contributed by atoms with E-state index in [4.69, 9.17) is 5.73 Å². The van der Waals surface area contributed by atoms with E-state index in [0.717, 1.165) is 25.9 Å². The molecule has 2 aromatic rings. The predicted molar refractivity (Wildman–Crippen MR) is 105 cm³/mol. The SMILES string of the molecule is CN1CC=C(c2c(CC(C)(C)N)[nH]c3ccccc23)CC1.Cl.Cl. The second-order valence-corrected chi connectivity index (χ2v) is 6.93. The van der Waals surface area contributed by atoms with Gasteiger partial charge in [-0.3, -0.25) is 0 Å². The zero-order valence-electron chi connectivity index (χ0n) is 14.1. The third-order valence-electron chi connectivity index (χ3n) is 4.15. The molecule has 23 heavy (non-hydrogen) atoms. The van der Waals surface area contributed by atoms with E-state index in [1.54, 1.807) is 0 Å². The second kappa shape index (κ2) is 7.71. The number of nitrogens with one attached hydrogen (secondary N) is 1. The summed E-state index contributed by atoms with van der Waals surface area (Å²) in [6.45, 7) is 6.33. The maximum Gasteiger partial charge on any atom is 0.0462 e. The highest BCUT2D eigenvalue weighted by molar-refractivity contribution is 5.94. The molecular weight excluding hydrogens is 329 g/mol. The number of aromatic amines is 1. The quantitative estimate of drug-likeness (QED) is 0.873. The Hall–Kier alpha value is -1.000. The third-order valence-corrected chi connectivity index (χ3v) is 4.15. The number of H-pyrrole nitrogens is 1. The number of benzene rings is 1. The lowest BCUT2D eigenvalue weighted by Gasteiger charge is -2.24. The first-order chi connectivity index (χ1) is 9.94. The van der Waals surface area contributed by atoms with E-state index in [2.05, 4.69) is 61.1 Å². The summed E-state index contributed by atoms with van der Waals surface area (Å²) >= 11 is 0. The molecule has 0 unspecified atom stereocenters. The van der Waals surface area contributed by atoms with Gasteiger partial charge in [0.2, 0.25) is 0 Å². The van der Waals surface area contributed by atoms with Gasteiger partial charge in [0.1, 0.15) is 0 Å². The molecule has 1 aliphatic rings. The van der Waals surface area contributed by atoms with Crippen LogP contribution in [0.4, 0.5) is 0 Å². The van der Waals surface area contributed by atoms with Crippen molar-refractivity contribution in [2.75, 3.05) is 20.1 Å². The minimum atomic E-state index is -0.207. The fraction of sp³-hybridized carbons (Fsp3) is 0.444. The summed E-state index contributed by atoms with van der Waals surface area (Å²) < 4.78 is 0. The van der Waals surface area contributed by atoms with Crippen molar-refractivity contribution in [2.24, 2.45) is 5.73 Å². The van der Waals surface area contributed by atoms with Crippen molar-refractivity contribution in [1.29, 1.82) is 0 Å². The van der Waals surface area contributed by atoms with Crippen LogP contribution in [0.3, 0.4) is 0 Å². The molecule has 2 heterocycles. The van der Waals surface area contributed by atoms with Gasteiger partial charge >= 0.3 is 0 Å². The van der Waals surface area contributed by atoms with Gasteiger partial charge in [0.15, 0.2) is 0 Å². The Morgan fingerprint density at radius 2 is 1.91 bits per heavy atom. The molecular formula is C18H27Cl2N3. The van der Waals surface area contributed by atoms with Crippen molar-refractivity contribution in [3.63, 3.8) is 0 Å². The van der Waals surface area contributed by atoms with E-state index in [1.807, 2.05) is 0 Å². The van der Waals surface area contributed by atoms with E-state index in [0.29, 0.717) is 0 Å². The number of aromatic nitrogens is 1. The van der Waals surface area contributed by atoms with Gasteiger partial charge in [-0.05, 0) is 39.0 Å².